The van der Waals surface area contributed by atoms with E-state index in [1.807, 2.05) is 12.1 Å². The second kappa shape index (κ2) is 5.11. The van der Waals surface area contributed by atoms with Crippen LogP contribution in [0.15, 0.2) is 25.0 Å². The summed E-state index contributed by atoms with van der Waals surface area (Å²) >= 11 is 0. The summed E-state index contributed by atoms with van der Waals surface area (Å²) in [6.07, 6.45) is 4.91. The van der Waals surface area contributed by atoms with E-state index in [0.29, 0.717) is 11.7 Å². The van der Waals surface area contributed by atoms with E-state index in [0.717, 1.165) is 12.4 Å². The van der Waals surface area contributed by atoms with Crippen LogP contribution in [0.5, 0.6) is 0 Å². The van der Waals surface area contributed by atoms with Crippen LogP contribution < -0.4 is 4.90 Å². The zero-order valence-corrected chi connectivity index (χ0v) is 9.01. The maximum Gasteiger partial charge on any atom is 0.158 e. The van der Waals surface area contributed by atoms with Crippen molar-refractivity contribution in [2.75, 3.05) is 11.4 Å². The summed E-state index contributed by atoms with van der Waals surface area (Å²) in [6, 6.07) is 2.27. The van der Waals surface area contributed by atoms with Gasteiger partial charge in [-0.3, -0.25) is 0 Å². The molecule has 0 saturated carbocycles. The summed E-state index contributed by atoms with van der Waals surface area (Å²) in [6.45, 7) is 8.57. The number of rotatable bonds is 4. The Balaban J connectivity index is 2.92. The van der Waals surface area contributed by atoms with E-state index in [1.54, 1.807) is 6.20 Å². The smallest absolute Gasteiger partial charge is 0.158 e. The lowest BCUT2D eigenvalue weighted by atomic mass is 10.3. The van der Waals surface area contributed by atoms with Gasteiger partial charge in [-0.05, 0) is 13.8 Å². The second-order valence-corrected chi connectivity index (χ2v) is 3.41. The predicted octanol–water partition coefficient (Wildman–Crippen LogP) is 1.75. The Labute approximate surface area is 89.9 Å². The molecular weight excluding hydrogens is 188 g/mol. The number of nitriles is 1. The second-order valence-electron chi connectivity index (χ2n) is 3.41. The molecule has 0 radical (unpaired) electrons. The van der Waals surface area contributed by atoms with Crippen molar-refractivity contribution in [2.24, 2.45) is 0 Å². The van der Waals surface area contributed by atoms with E-state index in [2.05, 4.69) is 35.3 Å². The van der Waals surface area contributed by atoms with Crippen LogP contribution in [0.4, 0.5) is 5.82 Å². The van der Waals surface area contributed by atoms with Gasteiger partial charge in [0.2, 0.25) is 0 Å². The van der Waals surface area contributed by atoms with E-state index in [1.165, 1.54) is 6.20 Å². The Hall–Kier alpha value is -1.89. The molecule has 0 aromatic carbocycles. The number of nitrogens with zero attached hydrogens (tertiary/aromatic N) is 4. The SMILES string of the molecule is C=CCN(c1cnc(C#N)cn1)C(C)C. The van der Waals surface area contributed by atoms with Crippen LogP contribution in [0.3, 0.4) is 0 Å². The minimum Gasteiger partial charge on any atom is -0.349 e. The average molecular weight is 202 g/mol. The fourth-order valence-corrected chi connectivity index (χ4v) is 1.24. The standard InChI is InChI=1S/C11H14N4/c1-4-5-15(9(2)3)11-8-13-10(6-12)7-14-11/h4,7-9H,1,5H2,2-3H3. The molecule has 0 fully saturated rings. The van der Waals surface area contributed by atoms with Gasteiger partial charge in [0.05, 0.1) is 12.4 Å². The maximum atomic E-state index is 8.60. The molecule has 0 aliphatic carbocycles. The minimum atomic E-state index is 0.324. The van der Waals surface area contributed by atoms with Crippen LogP contribution >= 0.6 is 0 Å². The molecule has 0 saturated heterocycles. The van der Waals surface area contributed by atoms with Gasteiger partial charge in [0.1, 0.15) is 11.9 Å². The van der Waals surface area contributed by atoms with Gasteiger partial charge < -0.3 is 4.90 Å². The van der Waals surface area contributed by atoms with Gasteiger partial charge >= 0.3 is 0 Å². The maximum absolute atomic E-state index is 8.60. The first-order valence-corrected chi connectivity index (χ1v) is 4.78. The fraction of sp³-hybridized carbons (Fsp3) is 0.364. The molecule has 0 N–H and O–H groups in total. The molecule has 0 aliphatic heterocycles. The van der Waals surface area contributed by atoms with Crippen molar-refractivity contribution in [3.63, 3.8) is 0 Å². The number of aromatic nitrogens is 2. The molecule has 1 aromatic rings. The van der Waals surface area contributed by atoms with Crippen molar-refractivity contribution in [3.05, 3.63) is 30.7 Å². The molecule has 1 aromatic heterocycles. The van der Waals surface area contributed by atoms with Gasteiger partial charge in [-0.1, -0.05) is 6.08 Å². The predicted molar refractivity (Wildman–Crippen MR) is 59.4 cm³/mol. The van der Waals surface area contributed by atoms with E-state index < -0.39 is 0 Å². The molecule has 0 aliphatic rings. The summed E-state index contributed by atoms with van der Waals surface area (Å²) in [5, 5.41) is 8.60. The summed E-state index contributed by atoms with van der Waals surface area (Å²) in [4.78, 5) is 10.2. The molecule has 4 heteroatoms. The summed E-state index contributed by atoms with van der Waals surface area (Å²) < 4.78 is 0. The Morgan fingerprint density at radius 1 is 1.53 bits per heavy atom. The Morgan fingerprint density at radius 3 is 2.67 bits per heavy atom. The highest BCUT2D eigenvalue weighted by atomic mass is 15.2. The molecule has 1 rings (SSSR count). The van der Waals surface area contributed by atoms with Crippen LogP contribution in [0.25, 0.3) is 0 Å². The summed E-state index contributed by atoms with van der Waals surface area (Å²) in [5.41, 5.74) is 0.334. The van der Waals surface area contributed by atoms with E-state index in [9.17, 15) is 0 Å². The van der Waals surface area contributed by atoms with Gasteiger partial charge in [0.25, 0.3) is 0 Å². The molecule has 0 bridgehead atoms. The van der Waals surface area contributed by atoms with Crippen LogP contribution in [0.2, 0.25) is 0 Å². The molecule has 0 amide bonds. The van der Waals surface area contributed by atoms with Crippen LogP contribution in [0.1, 0.15) is 19.5 Å². The lowest BCUT2D eigenvalue weighted by molar-refractivity contribution is 0.710. The van der Waals surface area contributed by atoms with Gasteiger partial charge in [-0.2, -0.15) is 5.26 Å². The molecule has 0 atom stereocenters. The topological polar surface area (TPSA) is 52.8 Å². The number of anilines is 1. The van der Waals surface area contributed by atoms with Gasteiger partial charge in [0, 0.05) is 12.6 Å². The monoisotopic (exact) mass is 202 g/mol. The largest absolute Gasteiger partial charge is 0.349 e. The van der Waals surface area contributed by atoms with Crippen LogP contribution in [-0.2, 0) is 0 Å². The first-order chi connectivity index (χ1) is 7.19. The fourth-order valence-electron chi connectivity index (χ4n) is 1.24. The molecular formula is C11H14N4. The third kappa shape index (κ3) is 2.78. The number of hydrogen-bond acceptors (Lipinski definition) is 4. The first-order valence-electron chi connectivity index (χ1n) is 4.78. The zero-order chi connectivity index (χ0) is 11.3. The van der Waals surface area contributed by atoms with Crippen molar-refractivity contribution in [1.82, 2.24) is 9.97 Å². The van der Waals surface area contributed by atoms with Crippen molar-refractivity contribution in [1.29, 1.82) is 5.26 Å². The van der Waals surface area contributed by atoms with E-state index >= 15 is 0 Å². The summed E-state index contributed by atoms with van der Waals surface area (Å²) in [7, 11) is 0. The molecule has 0 spiro atoms. The van der Waals surface area contributed by atoms with E-state index in [-0.39, 0.29) is 0 Å². The van der Waals surface area contributed by atoms with Crippen molar-refractivity contribution >= 4 is 5.82 Å². The first kappa shape index (κ1) is 11.2. The zero-order valence-electron chi connectivity index (χ0n) is 9.01. The highest BCUT2D eigenvalue weighted by Gasteiger charge is 2.10. The summed E-state index contributed by atoms with van der Waals surface area (Å²) in [5.74, 6) is 0.768. The van der Waals surface area contributed by atoms with Crippen molar-refractivity contribution in [2.45, 2.75) is 19.9 Å². The van der Waals surface area contributed by atoms with Crippen LogP contribution in [0, 0.1) is 11.3 Å². The molecule has 15 heavy (non-hydrogen) atoms. The molecule has 78 valence electrons. The number of hydrogen-bond donors (Lipinski definition) is 0. The molecule has 4 nitrogen and oxygen atoms in total. The normalized spacial score (nSPS) is 9.73. The molecule has 0 unspecified atom stereocenters. The van der Waals surface area contributed by atoms with Gasteiger partial charge in [-0.15, -0.1) is 6.58 Å². The van der Waals surface area contributed by atoms with Crippen molar-refractivity contribution in [3.8, 4) is 6.07 Å². The van der Waals surface area contributed by atoms with E-state index in [4.69, 9.17) is 5.26 Å². The highest BCUT2D eigenvalue weighted by molar-refractivity contribution is 5.38. The third-order valence-electron chi connectivity index (χ3n) is 2.00. The van der Waals surface area contributed by atoms with Crippen LogP contribution in [-0.4, -0.2) is 22.6 Å². The lowest BCUT2D eigenvalue weighted by Gasteiger charge is -2.25. The Bertz CT molecular complexity index is 361. The average Bonchev–Trinajstić information content (AvgIpc) is 2.26. The third-order valence-corrected chi connectivity index (χ3v) is 2.00. The van der Waals surface area contributed by atoms with Gasteiger partial charge in [0.15, 0.2) is 5.69 Å². The quantitative estimate of drug-likeness (QED) is 0.698. The minimum absolute atomic E-state index is 0.324. The lowest BCUT2D eigenvalue weighted by Crippen LogP contribution is -2.31. The Kier molecular flexibility index (Phi) is 3.81. The Morgan fingerprint density at radius 2 is 2.27 bits per heavy atom. The molecule has 1 heterocycles. The van der Waals surface area contributed by atoms with Gasteiger partial charge in [-0.25, -0.2) is 9.97 Å². The van der Waals surface area contributed by atoms with Crippen molar-refractivity contribution < 1.29 is 0 Å². The highest BCUT2D eigenvalue weighted by Crippen LogP contribution is 2.12.